The summed E-state index contributed by atoms with van der Waals surface area (Å²) in [5, 5.41) is 0. The van der Waals surface area contributed by atoms with E-state index >= 15 is 0 Å². The summed E-state index contributed by atoms with van der Waals surface area (Å²) in [6.07, 6.45) is 1.47. The smallest absolute Gasteiger partial charge is 0.225 e. The van der Waals surface area contributed by atoms with E-state index in [-0.39, 0.29) is 17.7 Å². The Hall–Kier alpha value is -1.84. The molecule has 0 bridgehead atoms. The molecule has 0 aliphatic carbocycles. The summed E-state index contributed by atoms with van der Waals surface area (Å²) in [5.41, 5.74) is 1.14. The fourth-order valence-electron chi connectivity index (χ4n) is 2.91. The molecule has 2 amide bonds. The molecule has 1 fully saturated rings. The van der Waals surface area contributed by atoms with Gasteiger partial charge in [0, 0.05) is 39.0 Å². The van der Waals surface area contributed by atoms with Crippen LogP contribution in [-0.4, -0.2) is 41.8 Å². The van der Waals surface area contributed by atoms with Gasteiger partial charge in [0.05, 0.1) is 0 Å². The molecular formula is C18H26N2O2. The number of rotatable bonds is 5. The Labute approximate surface area is 133 Å². The number of nitrogens with zero attached hydrogens (tertiary/aromatic N) is 2. The van der Waals surface area contributed by atoms with Gasteiger partial charge in [-0.1, -0.05) is 44.2 Å². The molecule has 0 radical (unpaired) electrons. The first-order chi connectivity index (χ1) is 10.5. The summed E-state index contributed by atoms with van der Waals surface area (Å²) < 4.78 is 0. The lowest BCUT2D eigenvalue weighted by atomic mass is 10.0. The van der Waals surface area contributed by atoms with Gasteiger partial charge < -0.3 is 9.80 Å². The summed E-state index contributed by atoms with van der Waals surface area (Å²) in [6.45, 7) is 6.00. The number of hydrogen-bond acceptors (Lipinski definition) is 2. The molecule has 2 rings (SSSR count). The van der Waals surface area contributed by atoms with Crippen LogP contribution < -0.4 is 0 Å². The molecule has 1 aliphatic rings. The second-order valence-corrected chi connectivity index (χ2v) is 6.53. The molecule has 1 aromatic carbocycles. The topological polar surface area (TPSA) is 40.6 Å². The summed E-state index contributed by atoms with van der Waals surface area (Å²) in [7, 11) is 1.85. The maximum Gasteiger partial charge on any atom is 0.225 e. The average molecular weight is 302 g/mol. The van der Waals surface area contributed by atoms with Gasteiger partial charge in [-0.05, 0) is 17.9 Å². The second kappa shape index (κ2) is 7.43. The Morgan fingerprint density at radius 2 is 1.95 bits per heavy atom. The van der Waals surface area contributed by atoms with Crippen molar-refractivity contribution in [2.75, 3.05) is 20.1 Å². The van der Waals surface area contributed by atoms with Crippen LogP contribution in [0.1, 0.15) is 32.3 Å². The Kier molecular flexibility index (Phi) is 5.58. The highest BCUT2D eigenvalue weighted by molar-refractivity contribution is 5.79. The van der Waals surface area contributed by atoms with E-state index in [2.05, 4.69) is 0 Å². The lowest BCUT2D eigenvalue weighted by Crippen LogP contribution is -2.33. The third-order valence-electron chi connectivity index (χ3n) is 4.24. The standard InChI is InChI=1S/C18H26N2O2/c1-14(2)18(22)20-10-9-16(13-20)11-17(21)19(3)12-15-7-5-4-6-8-15/h4-8,14,16H,9-13H2,1-3H3. The van der Waals surface area contributed by atoms with Crippen LogP contribution >= 0.6 is 0 Å². The van der Waals surface area contributed by atoms with Crippen LogP contribution in [0.3, 0.4) is 0 Å². The van der Waals surface area contributed by atoms with Crippen molar-refractivity contribution >= 4 is 11.8 Å². The molecule has 4 heteroatoms. The average Bonchev–Trinajstić information content (AvgIpc) is 2.95. The molecule has 1 aromatic rings. The van der Waals surface area contributed by atoms with E-state index in [1.54, 1.807) is 4.90 Å². The first kappa shape index (κ1) is 16.5. The molecule has 0 N–H and O–H groups in total. The van der Waals surface area contributed by atoms with Crippen LogP contribution in [0.4, 0.5) is 0 Å². The monoisotopic (exact) mass is 302 g/mol. The quantitative estimate of drug-likeness (QED) is 0.838. The van der Waals surface area contributed by atoms with Crippen LogP contribution in [0.15, 0.2) is 30.3 Å². The number of carbonyl (C=O) groups excluding carboxylic acids is 2. The van der Waals surface area contributed by atoms with E-state index in [4.69, 9.17) is 0 Å². The number of carbonyl (C=O) groups is 2. The molecule has 0 saturated carbocycles. The number of amides is 2. The third kappa shape index (κ3) is 4.33. The van der Waals surface area contributed by atoms with Crippen LogP contribution in [-0.2, 0) is 16.1 Å². The molecule has 1 aliphatic heterocycles. The molecule has 1 saturated heterocycles. The molecular weight excluding hydrogens is 276 g/mol. The van der Waals surface area contributed by atoms with Crippen LogP contribution in [0.25, 0.3) is 0 Å². The maximum absolute atomic E-state index is 12.3. The summed E-state index contributed by atoms with van der Waals surface area (Å²) >= 11 is 0. The Balaban J connectivity index is 1.81. The van der Waals surface area contributed by atoms with Gasteiger partial charge >= 0.3 is 0 Å². The number of likely N-dealkylation sites (tertiary alicyclic amines) is 1. The molecule has 4 nitrogen and oxygen atoms in total. The SMILES string of the molecule is CC(C)C(=O)N1CCC(CC(=O)N(C)Cc2ccccc2)C1. The molecule has 1 unspecified atom stereocenters. The minimum absolute atomic E-state index is 0.0372. The highest BCUT2D eigenvalue weighted by Gasteiger charge is 2.29. The zero-order chi connectivity index (χ0) is 16.1. The van der Waals surface area contributed by atoms with Gasteiger partial charge in [-0.2, -0.15) is 0 Å². The fourth-order valence-corrected chi connectivity index (χ4v) is 2.91. The van der Waals surface area contributed by atoms with Gasteiger partial charge in [0.25, 0.3) is 0 Å². The summed E-state index contributed by atoms with van der Waals surface area (Å²) in [4.78, 5) is 28.0. The van der Waals surface area contributed by atoms with Gasteiger partial charge in [0.15, 0.2) is 0 Å². The number of hydrogen-bond donors (Lipinski definition) is 0. The molecule has 22 heavy (non-hydrogen) atoms. The first-order valence-corrected chi connectivity index (χ1v) is 8.04. The number of benzene rings is 1. The Morgan fingerprint density at radius 1 is 1.27 bits per heavy atom. The Morgan fingerprint density at radius 3 is 2.59 bits per heavy atom. The predicted octanol–water partition coefficient (Wildman–Crippen LogP) is 2.54. The zero-order valence-electron chi connectivity index (χ0n) is 13.8. The van der Waals surface area contributed by atoms with E-state index in [0.29, 0.717) is 18.9 Å². The van der Waals surface area contributed by atoms with Crippen LogP contribution in [0, 0.1) is 11.8 Å². The van der Waals surface area contributed by atoms with Gasteiger partial charge in [-0.3, -0.25) is 9.59 Å². The minimum atomic E-state index is 0.0372. The Bertz CT molecular complexity index is 513. The normalized spacial score (nSPS) is 17.8. The van der Waals surface area contributed by atoms with Crippen molar-refractivity contribution in [1.29, 1.82) is 0 Å². The van der Waals surface area contributed by atoms with Gasteiger partial charge in [0.1, 0.15) is 0 Å². The molecule has 1 heterocycles. The van der Waals surface area contributed by atoms with Crippen molar-refractivity contribution in [1.82, 2.24) is 9.80 Å². The zero-order valence-corrected chi connectivity index (χ0v) is 13.8. The molecule has 0 aromatic heterocycles. The second-order valence-electron chi connectivity index (χ2n) is 6.53. The highest BCUT2D eigenvalue weighted by atomic mass is 16.2. The van der Waals surface area contributed by atoms with Gasteiger partial charge in [0.2, 0.25) is 11.8 Å². The molecule has 0 spiro atoms. The summed E-state index contributed by atoms with van der Waals surface area (Å²) in [5.74, 6) is 0.698. The minimum Gasteiger partial charge on any atom is -0.342 e. The molecule has 1 atom stereocenters. The highest BCUT2D eigenvalue weighted by Crippen LogP contribution is 2.22. The predicted molar refractivity (Wildman–Crippen MR) is 87.1 cm³/mol. The van der Waals surface area contributed by atoms with E-state index in [0.717, 1.165) is 25.1 Å². The van der Waals surface area contributed by atoms with Crippen molar-refractivity contribution in [3.63, 3.8) is 0 Å². The van der Waals surface area contributed by atoms with E-state index < -0.39 is 0 Å². The van der Waals surface area contributed by atoms with Crippen molar-refractivity contribution < 1.29 is 9.59 Å². The van der Waals surface area contributed by atoms with E-state index in [1.165, 1.54) is 0 Å². The lowest BCUT2D eigenvalue weighted by molar-refractivity contribution is -0.134. The van der Waals surface area contributed by atoms with Crippen molar-refractivity contribution in [3.05, 3.63) is 35.9 Å². The van der Waals surface area contributed by atoms with Crippen LogP contribution in [0.2, 0.25) is 0 Å². The third-order valence-corrected chi connectivity index (χ3v) is 4.24. The van der Waals surface area contributed by atoms with E-state index in [1.807, 2.05) is 56.1 Å². The van der Waals surface area contributed by atoms with E-state index in [9.17, 15) is 9.59 Å². The van der Waals surface area contributed by atoms with Crippen molar-refractivity contribution in [3.8, 4) is 0 Å². The first-order valence-electron chi connectivity index (χ1n) is 8.04. The van der Waals surface area contributed by atoms with Gasteiger partial charge in [-0.15, -0.1) is 0 Å². The van der Waals surface area contributed by atoms with Crippen LogP contribution in [0.5, 0.6) is 0 Å². The van der Waals surface area contributed by atoms with Gasteiger partial charge in [-0.25, -0.2) is 0 Å². The van der Waals surface area contributed by atoms with Crippen molar-refractivity contribution in [2.24, 2.45) is 11.8 Å². The summed E-state index contributed by atoms with van der Waals surface area (Å²) in [6, 6.07) is 10.0. The largest absolute Gasteiger partial charge is 0.342 e. The fraction of sp³-hybridized carbons (Fsp3) is 0.556. The lowest BCUT2D eigenvalue weighted by Gasteiger charge is -2.21. The van der Waals surface area contributed by atoms with Crippen molar-refractivity contribution in [2.45, 2.75) is 33.2 Å². The molecule has 120 valence electrons. The maximum atomic E-state index is 12.3.